The Balaban J connectivity index is 1.57. The minimum Gasteiger partial charge on any atom is -0.334 e. The maximum absolute atomic E-state index is 4.38. The van der Waals surface area contributed by atoms with E-state index in [4.69, 9.17) is 0 Å². The van der Waals surface area contributed by atoms with Gasteiger partial charge in [-0.1, -0.05) is 19.3 Å². The van der Waals surface area contributed by atoms with E-state index in [0.29, 0.717) is 0 Å². The van der Waals surface area contributed by atoms with Crippen LogP contribution in [0.4, 0.5) is 0 Å². The third kappa shape index (κ3) is 4.60. The molecule has 1 saturated carbocycles. The van der Waals surface area contributed by atoms with Crippen molar-refractivity contribution in [1.29, 1.82) is 0 Å². The summed E-state index contributed by atoms with van der Waals surface area (Å²) >= 11 is 0. The van der Waals surface area contributed by atoms with Gasteiger partial charge >= 0.3 is 0 Å². The Labute approximate surface area is 123 Å². The van der Waals surface area contributed by atoms with E-state index in [-0.39, 0.29) is 0 Å². The zero-order valence-electron chi connectivity index (χ0n) is 13.1. The molecule has 1 fully saturated rings. The first-order valence-corrected chi connectivity index (χ1v) is 8.22. The van der Waals surface area contributed by atoms with Crippen LogP contribution < -0.4 is 5.32 Å². The van der Waals surface area contributed by atoms with Gasteiger partial charge in [0.25, 0.3) is 0 Å². The number of nitrogens with zero attached hydrogens (tertiary/aromatic N) is 3. The van der Waals surface area contributed by atoms with Crippen molar-refractivity contribution >= 4 is 0 Å². The maximum Gasteiger partial charge on any atom is 0.122 e. The van der Waals surface area contributed by atoms with Gasteiger partial charge in [0.1, 0.15) is 5.82 Å². The van der Waals surface area contributed by atoms with Crippen LogP contribution in [0.3, 0.4) is 0 Å². The molecule has 4 nitrogen and oxygen atoms in total. The van der Waals surface area contributed by atoms with Crippen LogP contribution in [0.1, 0.15) is 51.3 Å². The zero-order chi connectivity index (χ0) is 14.2. The molecule has 2 rings (SSSR count). The summed E-state index contributed by atoms with van der Waals surface area (Å²) in [6, 6.07) is 0.836. The average molecular weight is 278 g/mol. The van der Waals surface area contributed by atoms with Crippen LogP contribution in [0.5, 0.6) is 0 Å². The Kier molecular flexibility index (Phi) is 6.54. The molecule has 0 aromatic carbocycles. The van der Waals surface area contributed by atoms with E-state index >= 15 is 0 Å². The summed E-state index contributed by atoms with van der Waals surface area (Å²) in [7, 11) is 2.29. The quantitative estimate of drug-likeness (QED) is 0.742. The molecule has 0 bridgehead atoms. The first kappa shape index (κ1) is 15.5. The largest absolute Gasteiger partial charge is 0.334 e. The Morgan fingerprint density at radius 2 is 2.15 bits per heavy atom. The first-order valence-electron chi connectivity index (χ1n) is 8.22. The number of imidazole rings is 1. The molecule has 1 aromatic rings. The first-order chi connectivity index (χ1) is 9.81. The Morgan fingerprint density at radius 1 is 1.35 bits per heavy atom. The maximum atomic E-state index is 4.38. The van der Waals surface area contributed by atoms with Crippen molar-refractivity contribution in [3.63, 3.8) is 0 Å². The van der Waals surface area contributed by atoms with Crippen molar-refractivity contribution < 1.29 is 0 Å². The molecule has 0 saturated heterocycles. The zero-order valence-corrected chi connectivity index (χ0v) is 13.1. The fourth-order valence-corrected chi connectivity index (χ4v) is 3.15. The highest BCUT2D eigenvalue weighted by Gasteiger charge is 2.17. The third-order valence-corrected chi connectivity index (χ3v) is 4.49. The van der Waals surface area contributed by atoms with Crippen LogP contribution in [-0.2, 0) is 13.1 Å². The molecule has 0 atom stereocenters. The van der Waals surface area contributed by atoms with E-state index in [1.807, 2.05) is 12.4 Å². The van der Waals surface area contributed by atoms with Gasteiger partial charge in [0, 0.05) is 25.0 Å². The van der Waals surface area contributed by atoms with Gasteiger partial charge in [-0.15, -0.1) is 0 Å². The van der Waals surface area contributed by atoms with E-state index < -0.39 is 0 Å². The second-order valence-corrected chi connectivity index (χ2v) is 5.93. The minimum atomic E-state index is 0.836. The summed E-state index contributed by atoms with van der Waals surface area (Å²) in [5, 5.41) is 3.51. The molecule has 20 heavy (non-hydrogen) atoms. The molecule has 1 aliphatic rings. The molecular weight excluding hydrogens is 248 g/mol. The second-order valence-electron chi connectivity index (χ2n) is 5.93. The molecule has 0 radical (unpaired) electrons. The predicted molar refractivity (Wildman–Crippen MR) is 83.7 cm³/mol. The molecule has 1 heterocycles. The number of aryl methyl sites for hydroxylation is 1. The third-order valence-electron chi connectivity index (χ3n) is 4.49. The van der Waals surface area contributed by atoms with Gasteiger partial charge in [0.2, 0.25) is 0 Å². The highest BCUT2D eigenvalue weighted by molar-refractivity contribution is 4.91. The smallest absolute Gasteiger partial charge is 0.122 e. The van der Waals surface area contributed by atoms with Crippen LogP contribution in [0.25, 0.3) is 0 Å². The van der Waals surface area contributed by atoms with Crippen LogP contribution in [0.15, 0.2) is 12.4 Å². The van der Waals surface area contributed by atoms with Gasteiger partial charge in [-0.3, -0.25) is 0 Å². The lowest BCUT2D eigenvalue weighted by Crippen LogP contribution is -2.35. The van der Waals surface area contributed by atoms with Crippen molar-refractivity contribution in [3.05, 3.63) is 18.2 Å². The number of nitrogens with one attached hydrogen (secondary N) is 1. The van der Waals surface area contributed by atoms with E-state index in [1.165, 1.54) is 45.1 Å². The molecule has 0 unspecified atom stereocenters. The number of rotatable bonds is 8. The van der Waals surface area contributed by atoms with Crippen molar-refractivity contribution in [2.45, 2.75) is 64.6 Å². The number of aromatic nitrogens is 2. The molecule has 4 heteroatoms. The van der Waals surface area contributed by atoms with E-state index in [2.05, 4.69) is 33.7 Å². The SMILES string of the molecule is CCn1ccnc1CNCCCN(C)C1CCCCC1. The van der Waals surface area contributed by atoms with Gasteiger partial charge in [0.15, 0.2) is 0 Å². The highest BCUT2D eigenvalue weighted by atomic mass is 15.1. The predicted octanol–water partition coefficient (Wildman–Crippen LogP) is 2.65. The molecule has 1 aliphatic carbocycles. The normalized spacial score (nSPS) is 16.9. The van der Waals surface area contributed by atoms with Gasteiger partial charge in [-0.05, 0) is 46.3 Å². The lowest BCUT2D eigenvalue weighted by molar-refractivity contribution is 0.189. The Hall–Kier alpha value is -0.870. The fourth-order valence-electron chi connectivity index (χ4n) is 3.15. The summed E-state index contributed by atoms with van der Waals surface area (Å²) in [5.41, 5.74) is 0. The summed E-state index contributed by atoms with van der Waals surface area (Å²) in [6.07, 6.45) is 12.2. The number of hydrogen-bond donors (Lipinski definition) is 1. The van der Waals surface area contributed by atoms with E-state index in [0.717, 1.165) is 31.5 Å². The van der Waals surface area contributed by atoms with Gasteiger partial charge in [-0.25, -0.2) is 4.98 Å². The molecule has 0 amide bonds. The van der Waals surface area contributed by atoms with E-state index in [1.54, 1.807) is 0 Å². The van der Waals surface area contributed by atoms with Crippen molar-refractivity contribution in [3.8, 4) is 0 Å². The summed E-state index contributed by atoms with van der Waals surface area (Å²) in [4.78, 5) is 6.95. The molecule has 1 aromatic heterocycles. The van der Waals surface area contributed by atoms with Gasteiger partial charge < -0.3 is 14.8 Å². The minimum absolute atomic E-state index is 0.836. The average Bonchev–Trinajstić information content (AvgIpc) is 2.95. The van der Waals surface area contributed by atoms with Crippen molar-refractivity contribution in [2.24, 2.45) is 0 Å². The van der Waals surface area contributed by atoms with Gasteiger partial charge in [-0.2, -0.15) is 0 Å². The van der Waals surface area contributed by atoms with Crippen LogP contribution in [0, 0.1) is 0 Å². The highest BCUT2D eigenvalue weighted by Crippen LogP contribution is 2.21. The molecule has 0 spiro atoms. The summed E-state index contributed by atoms with van der Waals surface area (Å²) in [5.74, 6) is 1.15. The molecule has 114 valence electrons. The summed E-state index contributed by atoms with van der Waals surface area (Å²) in [6.45, 7) is 6.33. The second kappa shape index (κ2) is 8.42. The molecular formula is C16H30N4. The van der Waals surface area contributed by atoms with Crippen LogP contribution >= 0.6 is 0 Å². The van der Waals surface area contributed by atoms with Crippen molar-refractivity contribution in [2.75, 3.05) is 20.1 Å². The van der Waals surface area contributed by atoms with Crippen LogP contribution in [0.2, 0.25) is 0 Å². The Morgan fingerprint density at radius 3 is 2.90 bits per heavy atom. The standard InChI is InChI=1S/C16H30N4/c1-3-20-13-11-18-16(20)14-17-10-7-12-19(2)15-8-5-4-6-9-15/h11,13,15,17H,3-10,12,14H2,1-2H3. The lowest BCUT2D eigenvalue weighted by atomic mass is 9.94. The topological polar surface area (TPSA) is 33.1 Å². The Bertz CT molecular complexity index is 368. The monoisotopic (exact) mass is 278 g/mol. The van der Waals surface area contributed by atoms with Crippen LogP contribution in [-0.4, -0.2) is 40.6 Å². The van der Waals surface area contributed by atoms with E-state index in [9.17, 15) is 0 Å². The molecule has 1 N–H and O–H groups in total. The fraction of sp³-hybridized carbons (Fsp3) is 0.812. The molecule has 0 aliphatic heterocycles. The summed E-state index contributed by atoms with van der Waals surface area (Å²) < 4.78 is 2.20. The number of hydrogen-bond acceptors (Lipinski definition) is 3. The van der Waals surface area contributed by atoms with Crippen molar-refractivity contribution in [1.82, 2.24) is 19.8 Å². The van der Waals surface area contributed by atoms with Gasteiger partial charge in [0.05, 0.1) is 6.54 Å². The lowest BCUT2D eigenvalue weighted by Gasteiger charge is -2.31.